The molecule has 5 heteroatoms. The molecule has 0 bridgehead atoms. The third kappa shape index (κ3) is 3.59. The van der Waals surface area contributed by atoms with E-state index >= 15 is 0 Å². The van der Waals surface area contributed by atoms with E-state index in [2.05, 4.69) is 34.3 Å². The quantitative estimate of drug-likeness (QED) is 0.557. The van der Waals surface area contributed by atoms with Crippen LogP contribution in [0.15, 0.2) is 67.0 Å². The number of carbonyl (C=O) groups is 1. The normalized spacial score (nSPS) is 12.1. The number of hydrogen-bond acceptors (Lipinski definition) is 4. The van der Waals surface area contributed by atoms with Gasteiger partial charge in [-0.25, -0.2) is 4.98 Å². The Hall–Kier alpha value is -3.05. The summed E-state index contributed by atoms with van der Waals surface area (Å²) in [4.78, 5) is 21.6. The second kappa shape index (κ2) is 7.29. The molecular formula is C22H19N3OS. The minimum Gasteiger partial charge on any atom is -0.341 e. The Kier molecular flexibility index (Phi) is 4.69. The van der Waals surface area contributed by atoms with Crippen molar-refractivity contribution in [1.82, 2.24) is 15.3 Å². The van der Waals surface area contributed by atoms with E-state index in [-0.39, 0.29) is 11.9 Å². The summed E-state index contributed by atoms with van der Waals surface area (Å²) >= 11 is 1.60. The average molecular weight is 373 g/mol. The standard InChI is InChI=1S/C22H19N3OS/c1-14-5-3-4-6-18(14)21(16-9-11-23-12-10-16)25-22(26)17-7-8-19-20(13-17)27-15(2)24-19/h3-13,21H,1-2H3,(H,25,26). The molecule has 1 amide bonds. The molecule has 2 aromatic carbocycles. The zero-order valence-corrected chi connectivity index (χ0v) is 16.0. The smallest absolute Gasteiger partial charge is 0.252 e. The minimum atomic E-state index is -0.236. The van der Waals surface area contributed by atoms with Crippen molar-refractivity contribution < 1.29 is 4.79 Å². The van der Waals surface area contributed by atoms with Crippen LogP contribution in [0.3, 0.4) is 0 Å². The lowest BCUT2D eigenvalue weighted by atomic mass is 9.95. The fourth-order valence-electron chi connectivity index (χ4n) is 3.20. The maximum Gasteiger partial charge on any atom is 0.252 e. The Balaban J connectivity index is 1.70. The molecule has 2 heterocycles. The predicted octanol–water partition coefficient (Wildman–Crippen LogP) is 4.83. The first-order valence-corrected chi connectivity index (χ1v) is 9.57. The van der Waals surface area contributed by atoms with Crippen molar-refractivity contribution in [3.8, 4) is 0 Å². The fraction of sp³-hybridized carbons (Fsp3) is 0.136. The minimum absolute atomic E-state index is 0.104. The van der Waals surface area contributed by atoms with Gasteiger partial charge in [-0.05, 0) is 60.9 Å². The van der Waals surface area contributed by atoms with Crippen molar-refractivity contribution in [1.29, 1.82) is 0 Å². The molecule has 0 fully saturated rings. The van der Waals surface area contributed by atoms with E-state index in [9.17, 15) is 4.79 Å². The van der Waals surface area contributed by atoms with E-state index in [1.165, 1.54) is 0 Å². The lowest BCUT2D eigenvalue weighted by Gasteiger charge is -2.21. The van der Waals surface area contributed by atoms with E-state index < -0.39 is 0 Å². The highest BCUT2D eigenvalue weighted by molar-refractivity contribution is 7.18. The van der Waals surface area contributed by atoms with E-state index in [4.69, 9.17) is 0 Å². The van der Waals surface area contributed by atoms with Gasteiger partial charge in [-0.3, -0.25) is 9.78 Å². The third-order valence-electron chi connectivity index (χ3n) is 4.57. The molecule has 2 aromatic heterocycles. The van der Waals surface area contributed by atoms with E-state index in [1.807, 2.05) is 49.4 Å². The van der Waals surface area contributed by atoms with Crippen LogP contribution in [-0.4, -0.2) is 15.9 Å². The summed E-state index contributed by atoms with van der Waals surface area (Å²) in [6.45, 7) is 4.03. The lowest BCUT2D eigenvalue weighted by molar-refractivity contribution is 0.0943. The first kappa shape index (κ1) is 17.4. The van der Waals surface area contributed by atoms with Gasteiger partial charge in [0, 0.05) is 18.0 Å². The molecule has 4 aromatic rings. The van der Waals surface area contributed by atoms with Gasteiger partial charge in [0.25, 0.3) is 5.91 Å². The molecule has 1 unspecified atom stereocenters. The van der Waals surface area contributed by atoms with Crippen LogP contribution in [0.2, 0.25) is 0 Å². The number of amides is 1. The molecule has 0 radical (unpaired) electrons. The highest BCUT2D eigenvalue weighted by Crippen LogP contribution is 2.26. The monoisotopic (exact) mass is 373 g/mol. The van der Waals surface area contributed by atoms with Crippen molar-refractivity contribution in [2.24, 2.45) is 0 Å². The number of pyridine rings is 1. The zero-order chi connectivity index (χ0) is 18.8. The molecule has 4 nitrogen and oxygen atoms in total. The highest BCUT2D eigenvalue weighted by atomic mass is 32.1. The summed E-state index contributed by atoms with van der Waals surface area (Å²) in [5.41, 5.74) is 4.78. The molecule has 4 rings (SSSR count). The molecule has 1 N–H and O–H groups in total. The molecule has 0 spiro atoms. The number of hydrogen-bond donors (Lipinski definition) is 1. The molecule has 1 atom stereocenters. The molecule has 0 aliphatic heterocycles. The predicted molar refractivity (Wildman–Crippen MR) is 109 cm³/mol. The van der Waals surface area contributed by atoms with Gasteiger partial charge in [-0.15, -0.1) is 11.3 Å². The van der Waals surface area contributed by atoms with Crippen LogP contribution in [0.1, 0.15) is 38.1 Å². The number of nitrogens with one attached hydrogen (secondary N) is 1. The SMILES string of the molecule is Cc1nc2ccc(C(=O)NC(c3ccncc3)c3ccccc3C)cc2s1. The van der Waals surface area contributed by atoms with Gasteiger partial charge >= 0.3 is 0 Å². The van der Waals surface area contributed by atoms with Crippen molar-refractivity contribution in [2.45, 2.75) is 19.9 Å². The summed E-state index contributed by atoms with van der Waals surface area (Å²) in [6, 6.07) is 17.4. The van der Waals surface area contributed by atoms with Gasteiger partial charge in [0.1, 0.15) is 0 Å². The topological polar surface area (TPSA) is 54.9 Å². The number of nitrogens with zero attached hydrogens (tertiary/aromatic N) is 2. The largest absolute Gasteiger partial charge is 0.341 e. The van der Waals surface area contributed by atoms with Crippen LogP contribution in [0.5, 0.6) is 0 Å². The van der Waals surface area contributed by atoms with E-state index in [0.29, 0.717) is 5.56 Å². The number of carbonyl (C=O) groups excluding carboxylic acids is 1. The maximum absolute atomic E-state index is 13.0. The Morgan fingerprint density at radius 1 is 1.04 bits per heavy atom. The molecule has 0 aliphatic carbocycles. The average Bonchev–Trinajstić information content (AvgIpc) is 3.06. The number of aromatic nitrogens is 2. The Bertz CT molecular complexity index is 1100. The van der Waals surface area contributed by atoms with Crippen molar-refractivity contribution in [2.75, 3.05) is 0 Å². The van der Waals surface area contributed by atoms with E-state index in [1.54, 1.807) is 23.7 Å². The van der Waals surface area contributed by atoms with Crippen molar-refractivity contribution in [3.63, 3.8) is 0 Å². The van der Waals surface area contributed by atoms with Gasteiger partial charge in [0.05, 0.1) is 21.3 Å². The zero-order valence-electron chi connectivity index (χ0n) is 15.1. The summed E-state index contributed by atoms with van der Waals surface area (Å²) in [5, 5.41) is 4.19. The van der Waals surface area contributed by atoms with Gasteiger partial charge in [-0.2, -0.15) is 0 Å². The number of fused-ring (bicyclic) bond motifs is 1. The lowest BCUT2D eigenvalue weighted by Crippen LogP contribution is -2.29. The van der Waals surface area contributed by atoms with Crippen molar-refractivity contribution >= 4 is 27.5 Å². The van der Waals surface area contributed by atoms with Gasteiger partial charge in [-0.1, -0.05) is 24.3 Å². The van der Waals surface area contributed by atoms with Gasteiger partial charge < -0.3 is 5.32 Å². The molecule has 134 valence electrons. The number of benzene rings is 2. The number of aryl methyl sites for hydroxylation is 2. The van der Waals surface area contributed by atoms with E-state index in [0.717, 1.165) is 31.9 Å². The maximum atomic E-state index is 13.0. The van der Waals surface area contributed by atoms with Gasteiger partial charge in [0.2, 0.25) is 0 Å². The molecule has 0 saturated carbocycles. The third-order valence-corrected chi connectivity index (χ3v) is 5.51. The second-order valence-corrected chi connectivity index (χ2v) is 7.69. The highest BCUT2D eigenvalue weighted by Gasteiger charge is 2.19. The van der Waals surface area contributed by atoms with Crippen LogP contribution in [0.25, 0.3) is 10.2 Å². The number of rotatable bonds is 4. The fourth-order valence-corrected chi connectivity index (χ4v) is 4.07. The Morgan fingerprint density at radius 3 is 2.59 bits per heavy atom. The molecule has 0 aliphatic rings. The Morgan fingerprint density at radius 2 is 1.81 bits per heavy atom. The number of thiazole rings is 1. The Labute approximate surface area is 161 Å². The first-order valence-electron chi connectivity index (χ1n) is 8.75. The summed E-state index contributed by atoms with van der Waals surface area (Å²) in [7, 11) is 0. The second-order valence-electron chi connectivity index (χ2n) is 6.46. The van der Waals surface area contributed by atoms with Crippen LogP contribution in [0, 0.1) is 13.8 Å². The van der Waals surface area contributed by atoms with Crippen molar-refractivity contribution in [3.05, 3.63) is 94.3 Å². The first-order chi connectivity index (χ1) is 13.1. The van der Waals surface area contributed by atoms with Crippen LogP contribution in [-0.2, 0) is 0 Å². The molecule has 27 heavy (non-hydrogen) atoms. The summed E-state index contributed by atoms with van der Waals surface area (Å²) < 4.78 is 1.02. The summed E-state index contributed by atoms with van der Waals surface area (Å²) in [5.74, 6) is -0.104. The van der Waals surface area contributed by atoms with Crippen LogP contribution < -0.4 is 5.32 Å². The molecular weight excluding hydrogens is 354 g/mol. The molecule has 0 saturated heterocycles. The summed E-state index contributed by atoms with van der Waals surface area (Å²) in [6.07, 6.45) is 3.50. The van der Waals surface area contributed by atoms with Crippen LogP contribution in [0.4, 0.5) is 0 Å². The van der Waals surface area contributed by atoms with Crippen LogP contribution >= 0.6 is 11.3 Å². The van der Waals surface area contributed by atoms with Gasteiger partial charge in [0.15, 0.2) is 0 Å².